The molecule has 4 fully saturated rings. The van der Waals surface area contributed by atoms with Crippen molar-refractivity contribution in [3.8, 4) is 11.3 Å². The van der Waals surface area contributed by atoms with Crippen LogP contribution in [0.4, 0.5) is 4.39 Å². The van der Waals surface area contributed by atoms with E-state index in [1.54, 1.807) is 18.6 Å². The lowest BCUT2D eigenvalue weighted by molar-refractivity contribution is -0.223. The molecule has 27 heavy (non-hydrogen) atoms. The molecule has 1 aromatic heterocycles. The van der Waals surface area contributed by atoms with Crippen molar-refractivity contribution >= 4 is 0 Å². The topological polar surface area (TPSA) is 58.3 Å². The molecular formula is C22H25FN2O2. The summed E-state index contributed by atoms with van der Waals surface area (Å²) in [7, 11) is 0. The number of aliphatic hydroxyl groups is 2. The van der Waals surface area contributed by atoms with Crippen LogP contribution in [0.5, 0.6) is 0 Å². The second-order valence-electron chi connectivity index (χ2n) is 9.35. The highest BCUT2D eigenvalue weighted by molar-refractivity contribution is 5.69. The second-order valence-corrected chi connectivity index (χ2v) is 9.35. The molecule has 1 aromatic carbocycles. The van der Waals surface area contributed by atoms with Crippen molar-refractivity contribution in [3.63, 3.8) is 0 Å². The van der Waals surface area contributed by atoms with Gasteiger partial charge in [0.15, 0.2) is 0 Å². The summed E-state index contributed by atoms with van der Waals surface area (Å²) in [5.74, 6) is 1.58. The Balaban J connectivity index is 1.36. The molecule has 4 bridgehead atoms. The Morgan fingerprint density at radius 3 is 2.56 bits per heavy atom. The largest absolute Gasteiger partial charge is 0.390 e. The van der Waals surface area contributed by atoms with E-state index in [1.165, 1.54) is 12.5 Å². The van der Waals surface area contributed by atoms with Crippen LogP contribution in [-0.4, -0.2) is 31.5 Å². The number of hydrogen-bond acceptors (Lipinski definition) is 3. The van der Waals surface area contributed by atoms with Crippen LogP contribution in [0.3, 0.4) is 0 Å². The van der Waals surface area contributed by atoms with Crippen LogP contribution in [0.15, 0.2) is 30.7 Å². The second kappa shape index (κ2) is 5.42. The van der Waals surface area contributed by atoms with Crippen LogP contribution in [-0.2, 0) is 0 Å². The molecule has 0 radical (unpaired) electrons. The summed E-state index contributed by atoms with van der Waals surface area (Å²) in [6.45, 7) is 0. The maximum atomic E-state index is 14.7. The van der Waals surface area contributed by atoms with Crippen molar-refractivity contribution in [2.45, 2.75) is 56.3 Å². The number of rotatable bonds is 3. The molecule has 0 unspecified atom stereocenters. The Labute approximate surface area is 158 Å². The first-order valence-corrected chi connectivity index (χ1v) is 10.3. The lowest BCUT2D eigenvalue weighted by Gasteiger charge is -2.60. The van der Waals surface area contributed by atoms with Crippen molar-refractivity contribution in [1.82, 2.24) is 9.55 Å². The van der Waals surface area contributed by atoms with E-state index in [0.717, 1.165) is 48.8 Å². The monoisotopic (exact) mass is 368 g/mol. The molecule has 2 N–H and O–H groups in total. The summed E-state index contributed by atoms with van der Waals surface area (Å²) < 4.78 is 16.6. The van der Waals surface area contributed by atoms with Crippen LogP contribution in [0.2, 0.25) is 0 Å². The highest BCUT2D eigenvalue weighted by Crippen LogP contribution is 2.60. The molecule has 7 rings (SSSR count). The van der Waals surface area contributed by atoms with Crippen molar-refractivity contribution in [2.75, 3.05) is 0 Å². The number of hydrogen-bond donors (Lipinski definition) is 2. The molecule has 0 amide bonds. The summed E-state index contributed by atoms with van der Waals surface area (Å²) in [6.07, 6.45) is 8.39. The van der Waals surface area contributed by atoms with E-state index in [0.29, 0.717) is 12.0 Å². The van der Waals surface area contributed by atoms with E-state index in [1.807, 2.05) is 10.6 Å². The summed E-state index contributed by atoms with van der Waals surface area (Å²) in [4.78, 5) is 4.23. The first-order chi connectivity index (χ1) is 13.1. The Morgan fingerprint density at radius 1 is 1.15 bits per heavy atom. The predicted molar refractivity (Wildman–Crippen MR) is 98.4 cm³/mol. The van der Waals surface area contributed by atoms with Gasteiger partial charge in [0, 0.05) is 17.5 Å². The number of benzene rings is 1. The number of nitrogens with zero attached hydrogens (tertiary/aromatic N) is 2. The highest BCUT2D eigenvalue weighted by atomic mass is 19.1. The Morgan fingerprint density at radius 2 is 1.85 bits per heavy atom. The lowest BCUT2D eigenvalue weighted by atomic mass is 9.48. The van der Waals surface area contributed by atoms with Gasteiger partial charge in [0.2, 0.25) is 0 Å². The summed E-state index contributed by atoms with van der Waals surface area (Å²) >= 11 is 0. The number of aliphatic hydroxyl groups excluding tert-OH is 1. The van der Waals surface area contributed by atoms with Gasteiger partial charge in [-0.1, -0.05) is 12.1 Å². The first kappa shape index (κ1) is 16.3. The van der Waals surface area contributed by atoms with Crippen LogP contribution >= 0.6 is 0 Å². The fourth-order valence-electron chi connectivity index (χ4n) is 7.11. The molecular weight excluding hydrogens is 343 g/mol. The average molecular weight is 368 g/mol. The zero-order chi connectivity index (χ0) is 18.3. The molecule has 4 aliphatic carbocycles. The van der Waals surface area contributed by atoms with Gasteiger partial charge in [0.1, 0.15) is 5.82 Å². The Hall–Kier alpha value is -1.72. The van der Waals surface area contributed by atoms with E-state index >= 15 is 0 Å². The van der Waals surface area contributed by atoms with Gasteiger partial charge in [-0.05, 0) is 61.8 Å². The quantitative estimate of drug-likeness (QED) is 0.871. The molecule has 4 saturated carbocycles. The molecule has 4 nitrogen and oxygen atoms in total. The molecule has 2 atom stereocenters. The predicted octanol–water partition coefficient (Wildman–Crippen LogP) is 3.53. The van der Waals surface area contributed by atoms with Crippen LogP contribution in [0, 0.1) is 29.5 Å². The number of halogens is 1. The van der Waals surface area contributed by atoms with E-state index in [-0.39, 0.29) is 23.7 Å². The van der Waals surface area contributed by atoms with E-state index in [9.17, 15) is 14.6 Å². The minimum absolute atomic E-state index is 0.188. The fraction of sp³-hybridized carbons (Fsp3) is 0.591. The SMILES string of the molecule is O[C@@H](C[C@H]1c2c(F)cccc2-c2cncn21)C1(O)C2CC3CC(C2)CC1C3. The van der Waals surface area contributed by atoms with Crippen LogP contribution in [0.25, 0.3) is 11.3 Å². The van der Waals surface area contributed by atoms with Gasteiger partial charge in [-0.25, -0.2) is 9.37 Å². The normalized spacial score (nSPS) is 39.4. The fourth-order valence-corrected chi connectivity index (χ4v) is 7.11. The van der Waals surface area contributed by atoms with E-state index in [4.69, 9.17) is 0 Å². The van der Waals surface area contributed by atoms with Crippen molar-refractivity contribution < 1.29 is 14.6 Å². The van der Waals surface area contributed by atoms with Gasteiger partial charge in [-0.2, -0.15) is 0 Å². The Kier molecular flexibility index (Phi) is 3.26. The summed E-state index contributed by atoms with van der Waals surface area (Å²) in [6, 6.07) is 4.80. The number of imidazole rings is 1. The van der Waals surface area contributed by atoms with E-state index in [2.05, 4.69) is 4.98 Å². The molecule has 1 aliphatic heterocycles. The standard InChI is InChI=1S/C22H25FN2O2/c23-17-3-1-2-16-19-10-24-11-25(19)18(21(16)17)9-20(26)22(27)14-5-12-4-13(7-14)8-15(22)6-12/h1-3,10-15,18,20,26-27H,4-9H2/t12?,13?,14?,15?,18-,20-,22?/m0/s1. The van der Waals surface area contributed by atoms with Crippen molar-refractivity contribution in [2.24, 2.45) is 23.7 Å². The third-order valence-corrected chi connectivity index (χ3v) is 8.09. The van der Waals surface area contributed by atoms with Gasteiger partial charge in [0.05, 0.1) is 36.0 Å². The van der Waals surface area contributed by atoms with Crippen molar-refractivity contribution in [3.05, 3.63) is 42.1 Å². The number of aromatic nitrogens is 2. The van der Waals surface area contributed by atoms with Gasteiger partial charge < -0.3 is 14.8 Å². The van der Waals surface area contributed by atoms with Gasteiger partial charge in [-0.3, -0.25) is 0 Å². The highest BCUT2D eigenvalue weighted by Gasteiger charge is 2.59. The van der Waals surface area contributed by atoms with Gasteiger partial charge in [-0.15, -0.1) is 0 Å². The number of fused-ring (bicyclic) bond motifs is 3. The smallest absolute Gasteiger partial charge is 0.129 e. The molecule has 5 heteroatoms. The molecule has 0 saturated heterocycles. The third kappa shape index (κ3) is 2.07. The van der Waals surface area contributed by atoms with Gasteiger partial charge >= 0.3 is 0 Å². The summed E-state index contributed by atoms with van der Waals surface area (Å²) in [5.41, 5.74) is 1.34. The average Bonchev–Trinajstić information content (AvgIpc) is 3.22. The molecule has 2 aromatic rings. The van der Waals surface area contributed by atoms with Crippen LogP contribution in [0.1, 0.15) is 50.1 Å². The minimum atomic E-state index is -1.03. The molecule has 142 valence electrons. The molecule has 0 spiro atoms. The maximum Gasteiger partial charge on any atom is 0.129 e. The lowest BCUT2D eigenvalue weighted by Crippen LogP contribution is -2.63. The van der Waals surface area contributed by atoms with Crippen molar-refractivity contribution in [1.29, 1.82) is 0 Å². The molecule has 2 heterocycles. The summed E-state index contributed by atoms with van der Waals surface area (Å²) in [5, 5.41) is 22.9. The zero-order valence-electron chi connectivity index (χ0n) is 15.3. The minimum Gasteiger partial charge on any atom is -0.390 e. The van der Waals surface area contributed by atoms with Crippen LogP contribution < -0.4 is 0 Å². The first-order valence-electron chi connectivity index (χ1n) is 10.3. The maximum absolute atomic E-state index is 14.7. The third-order valence-electron chi connectivity index (χ3n) is 8.09. The zero-order valence-corrected chi connectivity index (χ0v) is 15.3. The van der Waals surface area contributed by atoms with E-state index < -0.39 is 11.7 Å². The van der Waals surface area contributed by atoms with Gasteiger partial charge in [0.25, 0.3) is 0 Å². The Bertz CT molecular complexity index is 879. The molecule has 5 aliphatic rings.